The molecular weight excluding hydrogens is 202 g/mol. The molecular formula is C12H19N3O. The number of nitrogens with one attached hydrogen (secondary N) is 2. The Morgan fingerprint density at radius 1 is 1.56 bits per heavy atom. The van der Waals surface area contributed by atoms with Crippen LogP contribution in [0.15, 0.2) is 12.1 Å². The van der Waals surface area contributed by atoms with E-state index in [9.17, 15) is 0 Å². The summed E-state index contributed by atoms with van der Waals surface area (Å²) in [6.07, 6.45) is 1.08. The van der Waals surface area contributed by atoms with Crippen LogP contribution < -0.4 is 15.4 Å². The maximum atomic E-state index is 5.59. The Labute approximate surface area is 96.4 Å². The molecule has 0 saturated heterocycles. The third-order valence-electron chi connectivity index (χ3n) is 2.78. The quantitative estimate of drug-likeness (QED) is 0.816. The van der Waals surface area contributed by atoms with Crippen molar-refractivity contribution in [3.63, 3.8) is 0 Å². The Balaban J connectivity index is 2.14. The summed E-state index contributed by atoms with van der Waals surface area (Å²) < 4.78 is 5.59. The number of aromatic nitrogens is 1. The van der Waals surface area contributed by atoms with Gasteiger partial charge in [-0.15, -0.1) is 0 Å². The van der Waals surface area contributed by atoms with E-state index in [1.807, 2.05) is 6.07 Å². The van der Waals surface area contributed by atoms with Gasteiger partial charge in [-0.2, -0.15) is 4.98 Å². The minimum Gasteiger partial charge on any atom is -0.476 e. The molecule has 1 aromatic heterocycles. The molecule has 88 valence electrons. The number of nitrogens with zero attached hydrogens (tertiary/aromatic N) is 1. The fraction of sp³-hybridized carbons (Fsp3) is 0.583. The molecule has 1 aliphatic heterocycles. The molecule has 1 aliphatic rings. The van der Waals surface area contributed by atoms with Crippen molar-refractivity contribution in [3.05, 3.63) is 17.7 Å². The Morgan fingerprint density at radius 3 is 3.25 bits per heavy atom. The predicted molar refractivity (Wildman–Crippen MR) is 64.8 cm³/mol. The van der Waals surface area contributed by atoms with Crippen LogP contribution in [0.5, 0.6) is 5.88 Å². The Kier molecular flexibility index (Phi) is 3.62. The van der Waals surface area contributed by atoms with Crippen LogP contribution in [-0.2, 0) is 6.54 Å². The van der Waals surface area contributed by atoms with Crippen molar-refractivity contribution in [2.75, 3.05) is 18.5 Å². The largest absolute Gasteiger partial charge is 0.476 e. The third kappa shape index (κ3) is 2.64. The molecule has 2 heterocycles. The predicted octanol–water partition coefficient (Wildman–Crippen LogP) is 1.77. The smallest absolute Gasteiger partial charge is 0.219 e. The monoisotopic (exact) mass is 221 g/mol. The van der Waals surface area contributed by atoms with Crippen molar-refractivity contribution in [1.29, 1.82) is 0 Å². The van der Waals surface area contributed by atoms with E-state index in [-0.39, 0.29) is 0 Å². The summed E-state index contributed by atoms with van der Waals surface area (Å²) in [4.78, 5) is 4.49. The number of fused-ring (bicyclic) bond motifs is 1. The van der Waals surface area contributed by atoms with Crippen molar-refractivity contribution in [1.82, 2.24) is 10.3 Å². The second kappa shape index (κ2) is 5.16. The van der Waals surface area contributed by atoms with E-state index >= 15 is 0 Å². The van der Waals surface area contributed by atoms with E-state index in [0.29, 0.717) is 12.6 Å². The summed E-state index contributed by atoms with van der Waals surface area (Å²) in [6, 6.07) is 4.53. The Morgan fingerprint density at radius 2 is 2.44 bits per heavy atom. The molecule has 0 spiro atoms. The maximum absolute atomic E-state index is 5.59. The lowest BCUT2D eigenvalue weighted by Crippen LogP contribution is -2.16. The lowest BCUT2D eigenvalue weighted by atomic mass is 10.2. The van der Waals surface area contributed by atoms with Gasteiger partial charge in [0.15, 0.2) is 0 Å². The van der Waals surface area contributed by atoms with E-state index in [0.717, 1.165) is 36.8 Å². The van der Waals surface area contributed by atoms with Gasteiger partial charge in [-0.25, -0.2) is 0 Å². The van der Waals surface area contributed by atoms with E-state index in [4.69, 9.17) is 4.74 Å². The fourth-order valence-electron chi connectivity index (χ4n) is 1.61. The molecule has 2 N–H and O–H groups in total. The van der Waals surface area contributed by atoms with Gasteiger partial charge < -0.3 is 15.4 Å². The number of anilines is 1. The fourth-order valence-corrected chi connectivity index (χ4v) is 1.61. The highest BCUT2D eigenvalue weighted by atomic mass is 16.5. The van der Waals surface area contributed by atoms with Crippen molar-refractivity contribution >= 4 is 5.82 Å². The van der Waals surface area contributed by atoms with Gasteiger partial charge in [0, 0.05) is 24.7 Å². The molecule has 0 amide bonds. The van der Waals surface area contributed by atoms with Crippen LogP contribution in [0.3, 0.4) is 0 Å². The first-order chi connectivity index (χ1) is 7.79. The second-order valence-corrected chi connectivity index (χ2v) is 4.14. The highest BCUT2D eigenvalue weighted by Gasteiger charge is 2.11. The third-order valence-corrected chi connectivity index (χ3v) is 2.78. The zero-order valence-corrected chi connectivity index (χ0v) is 9.92. The molecule has 1 atom stereocenters. The first kappa shape index (κ1) is 11.2. The zero-order chi connectivity index (χ0) is 11.4. The van der Waals surface area contributed by atoms with Crippen molar-refractivity contribution in [2.45, 2.75) is 32.9 Å². The second-order valence-electron chi connectivity index (χ2n) is 4.14. The maximum Gasteiger partial charge on any atom is 0.219 e. The van der Waals surface area contributed by atoms with Gasteiger partial charge in [0.05, 0.1) is 0 Å². The van der Waals surface area contributed by atoms with E-state index in [1.165, 1.54) is 0 Å². The molecule has 16 heavy (non-hydrogen) atoms. The lowest BCUT2D eigenvalue weighted by molar-refractivity contribution is 0.314. The summed E-state index contributed by atoms with van der Waals surface area (Å²) in [6.45, 7) is 6.71. The lowest BCUT2D eigenvalue weighted by Gasteiger charge is -2.13. The van der Waals surface area contributed by atoms with Gasteiger partial charge >= 0.3 is 0 Å². The molecule has 4 heteroatoms. The first-order valence-corrected chi connectivity index (χ1v) is 5.89. The molecule has 0 aromatic carbocycles. The number of hydrogen-bond acceptors (Lipinski definition) is 4. The van der Waals surface area contributed by atoms with Crippen LogP contribution >= 0.6 is 0 Å². The standard InChI is InChI=1S/C12H19N3O/c1-3-9(2)14-11-5-4-10-8-13-6-7-16-12(10)15-11/h4-5,9,13H,3,6-8H2,1-2H3,(H,14,15)/t9-/m1/s1. The van der Waals surface area contributed by atoms with Crippen LogP contribution in [-0.4, -0.2) is 24.2 Å². The SMILES string of the molecule is CC[C@@H](C)Nc1ccc2c(n1)OCCNC2. The summed E-state index contributed by atoms with van der Waals surface area (Å²) in [5.74, 6) is 1.66. The Bertz CT molecular complexity index is 354. The number of pyridine rings is 1. The number of hydrogen-bond donors (Lipinski definition) is 2. The van der Waals surface area contributed by atoms with Crippen LogP contribution in [0.4, 0.5) is 5.82 Å². The van der Waals surface area contributed by atoms with Gasteiger partial charge in [-0.3, -0.25) is 0 Å². The highest BCUT2D eigenvalue weighted by Crippen LogP contribution is 2.20. The summed E-state index contributed by atoms with van der Waals surface area (Å²) in [5.41, 5.74) is 1.13. The average molecular weight is 221 g/mol. The molecule has 0 unspecified atom stereocenters. The van der Waals surface area contributed by atoms with Crippen LogP contribution in [0.1, 0.15) is 25.8 Å². The number of ether oxygens (including phenoxy) is 1. The molecule has 2 rings (SSSR count). The summed E-state index contributed by atoms with van der Waals surface area (Å²) in [5, 5.41) is 6.64. The van der Waals surface area contributed by atoms with E-state index in [2.05, 4.69) is 35.5 Å². The van der Waals surface area contributed by atoms with Gasteiger partial charge in [0.2, 0.25) is 5.88 Å². The molecule has 0 fully saturated rings. The van der Waals surface area contributed by atoms with Crippen LogP contribution in [0.25, 0.3) is 0 Å². The summed E-state index contributed by atoms with van der Waals surface area (Å²) in [7, 11) is 0. The van der Waals surface area contributed by atoms with E-state index in [1.54, 1.807) is 0 Å². The minimum absolute atomic E-state index is 0.439. The van der Waals surface area contributed by atoms with Crippen LogP contribution in [0, 0.1) is 0 Å². The Hall–Kier alpha value is -1.29. The zero-order valence-electron chi connectivity index (χ0n) is 9.92. The van der Waals surface area contributed by atoms with Crippen molar-refractivity contribution in [2.24, 2.45) is 0 Å². The summed E-state index contributed by atoms with van der Waals surface area (Å²) >= 11 is 0. The van der Waals surface area contributed by atoms with Gasteiger partial charge in [0.25, 0.3) is 0 Å². The van der Waals surface area contributed by atoms with Crippen molar-refractivity contribution in [3.8, 4) is 5.88 Å². The average Bonchev–Trinajstić information content (AvgIpc) is 2.53. The highest BCUT2D eigenvalue weighted by molar-refractivity contribution is 5.42. The van der Waals surface area contributed by atoms with Gasteiger partial charge in [-0.1, -0.05) is 6.92 Å². The molecule has 0 aliphatic carbocycles. The topological polar surface area (TPSA) is 46.2 Å². The van der Waals surface area contributed by atoms with Crippen LogP contribution in [0.2, 0.25) is 0 Å². The van der Waals surface area contributed by atoms with Gasteiger partial charge in [0.1, 0.15) is 12.4 Å². The molecule has 1 aromatic rings. The normalized spacial score (nSPS) is 16.9. The van der Waals surface area contributed by atoms with E-state index < -0.39 is 0 Å². The van der Waals surface area contributed by atoms with Gasteiger partial charge in [-0.05, 0) is 25.5 Å². The first-order valence-electron chi connectivity index (χ1n) is 5.89. The molecule has 0 bridgehead atoms. The molecule has 0 saturated carbocycles. The molecule has 0 radical (unpaired) electrons. The minimum atomic E-state index is 0.439. The molecule has 4 nitrogen and oxygen atoms in total. The number of rotatable bonds is 3. The van der Waals surface area contributed by atoms with Crippen molar-refractivity contribution < 1.29 is 4.74 Å².